The predicted molar refractivity (Wildman–Crippen MR) is 57.8 cm³/mol. The minimum Gasteiger partial charge on any atom is -0.369 e. The average molecular weight is 202 g/mol. The topological polar surface area (TPSA) is 69.1 Å². The third-order valence-corrected chi connectivity index (χ3v) is 2.78. The molecule has 0 fully saturated rings. The lowest BCUT2D eigenvalue weighted by Crippen LogP contribution is -2.25. The van der Waals surface area contributed by atoms with Crippen LogP contribution in [0.1, 0.15) is 29.0 Å². The van der Waals surface area contributed by atoms with Crippen molar-refractivity contribution in [3.8, 4) is 0 Å². The molecule has 1 unspecified atom stereocenters. The van der Waals surface area contributed by atoms with Crippen molar-refractivity contribution in [1.29, 1.82) is 0 Å². The van der Waals surface area contributed by atoms with Crippen molar-refractivity contribution in [3.63, 3.8) is 0 Å². The number of benzene rings is 1. The Bertz CT molecular complexity index is 387. The van der Waals surface area contributed by atoms with Gasteiger partial charge >= 0.3 is 0 Å². The van der Waals surface area contributed by atoms with E-state index in [9.17, 15) is 4.79 Å². The molecular formula is C12H14N2O. The zero-order valence-electron chi connectivity index (χ0n) is 8.49. The van der Waals surface area contributed by atoms with Gasteiger partial charge in [-0.25, -0.2) is 0 Å². The normalized spacial score (nSPS) is 19.7. The zero-order chi connectivity index (χ0) is 10.8. The Hall–Kier alpha value is -1.35. The van der Waals surface area contributed by atoms with E-state index in [1.165, 1.54) is 5.56 Å². The van der Waals surface area contributed by atoms with Gasteiger partial charge in [0.15, 0.2) is 0 Å². The molecule has 0 bridgehead atoms. The molecule has 0 spiro atoms. The summed E-state index contributed by atoms with van der Waals surface area (Å²) in [4.78, 5) is 11.2. The summed E-state index contributed by atoms with van der Waals surface area (Å²) < 4.78 is 0. The summed E-state index contributed by atoms with van der Waals surface area (Å²) in [5.41, 5.74) is 14.2. The first-order valence-electron chi connectivity index (χ1n) is 5.07. The molecule has 15 heavy (non-hydrogen) atoms. The number of fused-ring (bicyclic) bond motifs is 1. The number of nitrogens with two attached hydrogens (primary N) is 2. The molecule has 2 radical (unpaired) electrons. The zero-order valence-corrected chi connectivity index (χ0v) is 8.49. The quantitative estimate of drug-likeness (QED) is 0.742. The molecule has 0 saturated carbocycles. The van der Waals surface area contributed by atoms with Crippen LogP contribution in [0.5, 0.6) is 0 Å². The van der Waals surface area contributed by atoms with Gasteiger partial charge in [0.1, 0.15) is 0 Å². The molecule has 4 N–H and O–H groups in total. The van der Waals surface area contributed by atoms with E-state index in [0.29, 0.717) is 6.54 Å². The van der Waals surface area contributed by atoms with E-state index in [1.54, 1.807) is 0 Å². The maximum atomic E-state index is 11.2. The second-order valence-corrected chi connectivity index (χ2v) is 3.78. The average Bonchev–Trinajstić information content (AvgIpc) is 2.27. The molecule has 1 atom stereocenters. The lowest BCUT2D eigenvalue weighted by Gasteiger charge is -2.22. The van der Waals surface area contributed by atoms with Gasteiger partial charge in [0, 0.05) is 13.0 Å². The Morgan fingerprint density at radius 1 is 1.53 bits per heavy atom. The second kappa shape index (κ2) is 4.03. The van der Waals surface area contributed by atoms with Gasteiger partial charge in [-0.1, -0.05) is 18.2 Å². The number of carbonyl (C=O) groups is 1. The maximum Gasteiger partial charge on any atom is 0.225 e. The molecule has 1 aliphatic carbocycles. The van der Waals surface area contributed by atoms with Crippen LogP contribution in [-0.2, 0) is 17.8 Å². The number of primary amides is 1. The standard InChI is InChI=1S/C12H14N2O/c13-7-8-4-5-10-9(6-8)2-1-3-11(10)12(14)15/h4-6,11H,1-2,7,13H2,(H2,14,15). The number of aryl methyl sites for hydroxylation is 1. The molecule has 0 heterocycles. The number of amides is 1. The van der Waals surface area contributed by atoms with Gasteiger partial charge in [0.2, 0.25) is 5.91 Å². The molecule has 3 nitrogen and oxygen atoms in total. The summed E-state index contributed by atoms with van der Waals surface area (Å²) in [6.07, 6.45) is 4.82. The third kappa shape index (κ3) is 1.88. The highest BCUT2D eigenvalue weighted by molar-refractivity contribution is 5.84. The summed E-state index contributed by atoms with van der Waals surface area (Å²) in [5, 5.41) is 0. The Balaban J connectivity index is 2.40. The summed E-state index contributed by atoms with van der Waals surface area (Å²) >= 11 is 0. The SMILES string of the molecule is NCc1ccc2c(c1)CC[C]C2C(N)=O. The molecular weight excluding hydrogens is 188 g/mol. The second-order valence-electron chi connectivity index (χ2n) is 3.78. The highest BCUT2D eigenvalue weighted by Gasteiger charge is 2.24. The molecule has 0 saturated heterocycles. The summed E-state index contributed by atoms with van der Waals surface area (Å²) in [7, 11) is 0. The Morgan fingerprint density at radius 3 is 3.00 bits per heavy atom. The van der Waals surface area contributed by atoms with Crippen LogP contribution in [0.25, 0.3) is 0 Å². The first-order valence-corrected chi connectivity index (χ1v) is 5.07. The third-order valence-electron chi connectivity index (χ3n) is 2.78. The molecule has 78 valence electrons. The largest absolute Gasteiger partial charge is 0.369 e. The van der Waals surface area contributed by atoms with Crippen LogP contribution in [0, 0.1) is 6.42 Å². The minimum atomic E-state index is -0.347. The highest BCUT2D eigenvalue weighted by Crippen LogP contribution is 2.31. The molecule has 1 aliphatic rings. The van der Waals surface area contributed by atoms with Crippen molar-refractivity contribution in [2.45, 2.75) is 25.3 Å². The summed E-state index contributed by atoms with van der Waals surface area (Å²) in [6, 6.07) is 5.95. The van der Waals surface area contributed by atoms with E-state index in [0.717, 1.165) is 24.0 Å². The van der Waals surface area contributed by atoms with Gasteiger partial charge in [0.25, 0.3) is 0 Å². The number of carbonyl (C=O) groups excluding carboxylic acids is 1. The lowest BCUT2D eigenvalue weighted by atomic mass is 9.82. The summed E-state index contributed by atoms with van der Waals surface area (Å²) in [5.74, 6) is -0.669. The molecule has 1 aromatic carbocycles. The van der Waals surface area contributed by atoms with E-state index in [1.807, 2.05) is 12.1 Å². The van der Waals surface area contributed by atoms with Crippen LogP contribution in [0.3, 0.4) is 0 Å². The van der Waals surface area contributed by atoms with Crippen molar-refractivity contribution in [2.24, 2.45) is 11.5 Å². The van der Waals surface area contributed by atoms with Crippen LogP contribution in [0.15, 0.2) is 18.2 Å². The van der Waals surface area contributed by atoms with Gasteiger partial charge in [-0.2, -0.15) is 0 Å². The molecule has 2 rings (SSSR count). The Labute approximate surface area is 89.5 Å². The van der Waals surface area contributed by atoms with Crippen molar-refractivity contribution >= 4 is 5.91 Å². The highest BCUT2D eigenvalue weighted by atomic mass is 16.1. The van der Waals surface area contributed by atoms with Gasteiger partial charge in [-0.3, -0.25) is 4.79 Å². The Morgan fingerprint density at radius 2 is 2.33 bits per heavy atom. The van der Waals surface area contributed by atoms with E-state index >= 15 is 0 Å². The van der Waals surface area contributed by atoms with Crippen molar-refractivity contribution < 1.29 is 4.79 Å². The van der Waals surface area contributed by atoms with Crippen LogP contribution < -0.4 is 11.5 Å². The first-order chi connectivity index (χ1) is 7.22. The minimum absolute atomic E-state index is 0.323. The maximum absolute atomic E-state index is 11.2. The van der Waals surface area contributed by atoms with Gasteiger partial charge < -0.3 is 11.5 Å². The van der Waals surface area contributed by atoms with Crippen LogP contribution in [0.4, 0.5) is 0 Å². The van der Waals surface area contributed by atoms with E-state index < -0.39 is 0 Å². The Kier molecular flexibility index (Phi) is 2.73. The number of hydrogen-bond donors (Lipinski definition) is 2. The number of hydrogen-bond acceptors (Lipinski definition) is 2. The first kappa shape index (κ1) is 10.2. The van der Waals surface area contributed by atoms with Crippen LogP contribution in [0.2, 0.25) is 0 Å². The van der Waals surface area contributed by atoms with Gasteiger partial charge in [-0.15, -0.1) is 0 Å². The number of rotatable bonds is 2. The lowest BCUT2D eigenvalue weighted by molar-refractivity contribution is -0.118. The summed E-state index contributed by atoms with van der Waals surface area (Å²) in [6.45, 7) is 0.530. The molecule has 3 heteroatoms. The molecule has 0 aromatic heterocycles. The van der Waals surface area contributed by atoms with Crippen LogP contribution >= 0.6 is 0 Å². The molecule has 1 aromatic rings. The fourth-order valence-corrected chi connectivity index (χ4v) is 2.00. The van der Waals surface area contributed by atoms with Gasteiger partial charge in [-0.05, 0) is 29.5 Å². The van der Waals surface area contributed by atoms with Crippen molar-refractivity contribution in [2.75, 3.05) is 0 Å². The van der Waals surface area contributed by atoms with Gasteiger partial charge in [0.05, 0.1) is 5.92 Å². The van der Waals surface area contributed by atoms with Crippen LogP contribution in [-0.4, -0.2) is 5.91 Å². The fraction of sp³-hybridized carbons (Fsp3) is 0.333. The van der Waals surface area contributed by atoms with Crippen molar-refractivity contribution in [1.82, 2.24) is 0 Å². The predicted octanol–water partition coefficient (Wildman–Crippen LogP) is 0.742. The monoisotopic (exact) mass is 202 g/mol. The fourth-order valence-electron chi connectivity index (χ4n) is 2.00. The van der Waals surface area contributed by atoms with E-state index in [2.05, 4.69) is 12.5 Å². The van der Waals surface area contributed by atoms with E-state index in [-0.39, 0.29) is 11.8 Å². The molecule has 1 amide bonds. The van der Waals surface area contributed by atoms with Crippen molar-refractivity contribution in [3.05, 3.63) is 41.3 Å². The molecule has 0 aliphatic heterocycles. The van der Waals surface area contributed by atoms with E-state index in [4.69, 9.17) is 11.5 Å². The smallest absolute Gasteiger partial charge is 0.225 e.